The highest BCUT2D eigenvalue weighted by molar-refractivity contribution is 5.84. The molecule has 1 atom stereocenters. The van der Waals surface area contributed by atoms with E-state index < -0.39 is 12.0 Å². The van der Waals surface area contributed by atoms with Crippen LogP contribution in [0, 0.1) is 17.2 Å². The summed E-state index contributed by atoms with van der Waals surface area (Å²) in [6.45, 7) is 6.16. The zero-order valence-corrected chi connectivity index (χ0v) is 21.9. The van der Waals surface area contributed by atoms with E-state index in [0.29, 0.717) is 30.0 Å². The predicted octanol–water partition coefficient (Wildman–Crippen LogP) is 6.73. The number of esters is 1. The highest BCUT2D eigenvalue weighted by Gasteiger charge is 2.33. The maximum atomic E-state index is 13.1. The van der Waals surface area contributed by atoms with Crippen molar-refractivity contribution < 1.29 is 19.1 Å². The Labute approximate surface area is 219 Å². The fraction of sp³-hybridized carbons (Fsp3) is 0.323. The molecule has 0 heterocycles. The summed E-state index contributed by atoms with van der Waals surface area (Å²) in [5, 5.41) is 9.68. The monoisotopic (exact) mass is 498 g/mol. The summed E-state index contributed by atoms with van der Waals surface area (Å²) < 4.78 is 11.0. The number of ether oxygens (including phenoxy) is 2. The van der Waals surface area contributed by atoms with Crippen molar-refractivity contribution in [2.24, 2.45) is 5.92 Å². The van der Waals surface area contributed by atoms with Gasteiger partial charge in [0.25, 0.3) is 0 Å². The smallest absolute Gasteiger partial charge is 0.328 e. The molecule has 0 bridgehead atoms. The third-order valence-electron chi connectivity index (χ3n) is 6.18. The second kappa shape index (κ2) is 13.3. The normalized spacial score (nSPS) is 11.5. The first kappa shape index (κ1) is 27.5. The number of carbonyl (C=O) groups excluding carboxylic acids is 2. The molecule has 3 rings (SSSR count). The van der Waals surface area contributed by atoms with E-state index in [4.69, 9.17) is 9.47 Å². The van der Waals surface area contributed by atoms with Crippen molar-refractivity contribution in [1.29, 1.82) is 5.26 Å². The van der Waals surface area contributed by atoms with Gasteiger partial charge in [0.15, 0.2) is 0 Å². The van der Waals surface area contributed by atoms with E-state index in [-0.39, 0.29) is 11.8 Å². The van der Waals surface area contributed by atoms with E-state index in [1.807, 2.05) is 81.4 Å². The van der Waals surface area contributed by atoms with E-state index >= 15 is 0 Å². The largest absolute Gasteiger partial charge is 0.467 e. The van der Waals surface area contributed by atoms with Gasteiger partial charge in [0, 0.05) is 18.5 Å². The number of unbranched alkanes of at least 4 members (excludes halogenated alkanes) is 1. The van der Waals surface area contributed by atoms with Crippen LogP contribution in [0.2, 0.25) is 0 Å². The number of nitriles is 1. The van der Waals surface area contributed by atoms with Gasteiger partial charge in [-0.15, -0.1) is 0 Å². The molecule has 1 unspecified atom stereocenters. The highest BCUT2D eigenvalue weighted by Crippen LogP contribution is 2.31. The molecule has 1 amide bonds. The van der Waals surface area contributed by atoms with Gasteiger partial charge in [-0.05, 0) is 53.8 Å². The molecule has 0 saturated heterocycles. The Bertz CT molecular complexity index is 1230. The Morgan fingerprint density at radius 3 is 2.27 bits per heavy atom. The topological polar surface area (TPSA) is 79.6 Å². The second-order valence-corrected chi connectivity index (χ2v) is 9.27. The maximum Gasteiger partial charge on any atom is 0.328 e. The minimum absolute atomic E-state index is 0.0624. The Hall–Kier alpha value is -4.11. The zero-order valence-electron chi connectivity index (χ0n) is 21.9. The molecule has 6 nitrogen and oxygen atoms in total. The Morgan fingerprint density at radius 1 is 0.973 bits per heavy atom. The summed E-state index contributed by atoms with van der Waals surface area (Å²) in [7, 11) is 1.35. The zero-order chi connectivity index (χ0) is 26.8. The fourth-order valence-corrected chi connectivity index (χ4v) is 4.23. The molecule has 0 aromatic heterocycles. The third kappa shape index (κ3) is 7.20. The van der Waals surface area contributed by atoms with E-state index in [9.17, 15) is 14.9 Å². The van der Waals surface area contributed by atoms with Crippen LogP contribution in [-0.4, -0.2) is 29.9 Å². The third-order valence-corrected chi connectivity index (χ3v) is 6.18. The predicted molar refractivity (Wildman–Crippen MR) is 144 cm³/mol. The van der Waals surface area contributed by atoms with Crippen LogP contribution in [0.15, 0.2) is 72.8 Å². The van der Waals surface area contributed by atoms with Crippen LogP contribution in [0.4, 0.5) is 0 Å². The lowest BCUT2D eigenvalue weighted by atomic mass is 9.97. The molecule has 6 heteroatoms. The van der Waals surface area contributed by atoms with Gasteiger partial charge in [-0.25, -0.2) is 4.79 Å². The van der Waals surface area contributed by atoms with Crippen molar-refractivity contribution in [2.45, 2.75) is 52.6 Å². The summed E-state index contributed by atoms with van der Waals surface area (Å²) in [6, 6.07) is 24.2. The van der Waals surface area contributed by atoms with Crippen molar-refractivity contribution in [1.82, 2.24) is 4.90 Å². The van der Waals surface area contributed by atoms with Crippen molar-refractivity contribution in [2.75, 3.05) is 7.11 Å². The van der Waals surface area contributed by atoms with Gasteiger partial charge < -0.3 is 14.4 Å². The molecule has 0 saturated carbocycles. The Balaban J connectivity index is 1.88. The molecule has 0 radical (unpaired) electrons. The van der Waals surface area contributed by atoms with Crippen LogP contribution in [0.5, 0.6) is 11.5 Å². The van der Waals surface area contributed by atoms with Crippen molar-refractivity contribution in [3.05, 3.63) is 83.9 Å². The van der Waals surface area contributed by atoms with Gasteiger partial charge in [-0.2, -0.15) is 5.26 Å². The van der Waals surface area contributed by atoms with Crippen molar-refractivity contribution in [3.8, 4) is 28.7 Å². The molecule has 0 fully saturated rings. The summed E-state index contributed by atoms with van der Waals surface area (Å²) in [6.07, 6.45) is 2.04. The van der Waals surface area contributed by atoms with E-state index in [2.05, 4.69) is 6.07 Å². The van der Waals surface area contributed by atoms with Crippen LogP contribution in [0.3, 0.4) is 0 Å². The summed E-state index contributed by atoms with van der Waals surface area (Å²) >= 11 is 0. The standard InChI is InChI=1S/C31H34N2O4/c1-5-6-12-29(34)33(30(22(2)3)31(35)36-4)21-23-13-15-24(16-14-23)28-19-27(18-17-25(28)20-32)37-26-10-8-7-9-11-26/h7-11,13-19,22,30H,5-6,12,21H2,1-4H3. The first-order chi connectivity index (χ1) is 17.9. The van der Waals surface area contributed by atoms with Crippen molar-refractivity contribution >= 4 is 11.9 Å². The van der Waals surface area contributed by atoms with Crippen LogP contribution in [0.25, 0.3) is 11.1 Å². The first-order valence-corrected chi connectivity index (χ1v) is 12.6. The lowest BCUT2D eigenvalue weighted by Gasteiger charge is -2.32. The van der Waals surface area contributed by atoms with Gasteiger partial charge in [0.1, 0.15) is 17.5 Å². The highest BCUT2D eigenvalue weighted by atomic mass is 16.5. The van der Waals surface area contributed by atoms with Crippen LogP contribution in [-0.2, 0) is 20.9 Å². The fourth-order valence-electron chi connectivity index (χ4n) is 4.23. The van der Waals surface area contributed by atoms with E-state index in [1.165, 1.54) is 7.11 Å². The lowest BCUT2D eigenvalue weighted by Crippen LogP contribution is -2.48. The Kier molecular flexibility index (Phi) is 9.85. The number of rotatable bonds is 11. The van der Waals surface area contributed by atoms with Crippen LogP contribution in [0.1, 0.15) is 51.2 Å². The Morgan fingerprint density at radius 2 is 1.68 bits per heavy atom. The van der Waals surface area contributed by atoms with Gasteiger partial charge >= 0.3 is 5.97 Å². The first-order valence-electron chi connectivity index (χ1n) is 12.6. The quantitative estimate of drug-likeness (QED) is 0.274. The number of para-hydroxylation sites is 1. The molecule has 0 N–H and O–H groups in total. The minimum atomic E-state index is -0.661. The van der Waals surface area contributed by atoms with Crippen LogP contribution >= 0.6 is 0 Å². The number of hydrogen-bond acceptors (Lipinski definition) is 5. The maximum absolute atomic E-state index is 13.1. The number of amides is 1. The average molecular weight is 499 g/mol. The number of methoxy groups -OCH3 is 1. The van der Waals surface area contributed by atoms with Gasteiger partial charge in [-0.1, -0.05) is 69.7 Å². The molecule has 3 aromatic rings. The van der Waals surface area contributed by atoms with E-state index in [0.717, 1.165) is 29.5 Å². The number of benzene rings is 3. The summed E-state index contributed by atoms with van der Waals surface area (Å²) in [5.74, 6) is 0.780. The molecule has 0 aliphatic heterocycles. The molecule has 37 heavy (non-hydrogen) atoms. The van der Waals surface area contributed by atoms with Gasteiger partial charge in [-0.3, -0.25) is 4.79 Å². The molecule has 192 valence electrons. The van der Waals surface area contributed by atoms with Gasteiger partial charge in [0.2, 0.25) is 5.91 Å². The molecule has 0 spiro atoms. The minimum Gasteiger partial charge on any atom is -0.467 e. The summed E-state index contributed by atoms with van der Waals surface area (Å²) in [4.78, 5) is 27.3. The lowest BCUT2D eigenvalue weighted by molar-refractivity contribution is -0.155. The second-order valence-electron chi connectivity index (χ2n) is 9.27. The molecular weight excluding hydrogens is 464 g/mol. The molecule has 0 aliphatic rings. The van der Waals surface area contributed by atoms with E-state index in [1.54, 1.807) is 17.0 Å². The van der Waals surface area contributed by atoms with Crippen molar-refractivity contribution in [3.63, 3.8) is 0 Å². The summed E-state index contributed by atoms with van der Waals surface area (Å²) in [5.41, 5.74) is 3.04. The molecule has 0 aliphatic carbocycles. The number of carbonyl (C=O) groups is 2. The average Bonchev–Trinajstić information content (AvgIpc) is 2.92. The van der Waals surface area contributed by atoms with Gasteiger partial charge in [0.05, 0.1) is 18.7 Å². The van der Waals surface area contributed by atoms with Crippen LogP contribution < -0.4 is 4.74 Å². The molecule has 3 aromatic carbocycles. The number of hydrogen-bond donors (Lipinski definition) is 0. The SMILES string of the molecule is CCCCC(=O)N(Cc1ccc(-c2cc(Oc3ccccc3)ccc2C#N)cc1)C(C(=O)OC)C(C)C. The number of nitrogens with zero attached hydrogens (tertiary/aromatic N) is 2. The molecular formula is C31H34N2O4.